The van der Waals surface area contributed by atoms with Gasteiger partial charge >= 0.3 is 5.97 Å². The maximum Gasteiger partial charge on any atom is 0.335 e. The van der Waals surface area contributed by atoms with Crippen molar-refractivity contribution < 1.29 is 19.0 Å². The number of carboxylic acid groups (broad SMARTS) is 1. The Balaban J connectivity index is 0.00000225. The van der Waals surface area contributed by atoms with E-state index in [1.54, 1.807) is 24.4 Å². The molecule has 0 saturated carbocycles. The third-order valence-electron chi connectivity index (χ3n) is 3.20. The molecular formula is C16H15ClFN3O3S. The summed E-state index contributed by atoms with van der Waals surface area (Å²) < 4.78 is 19.8. The number of hydrogen-bond acceptors (Lipinski definition) is 6. The normalized spacial score (nSPS) is 18.2. The monoisotopic (exact) mass is 383 g/mol. The van der Waals surface area contributed by atoms with Crippen LogP contribution in [-0.4, -0.2) is 21.9 Å². The molecule has 25 heavy (non-hydrogen) atoms. The van der Waals surface area contributed by atoms with Gasteiger partial charge in [-0.3, -0.25) is 0 Å². The van der Waals surface area contributed by atoms with Gasteiger partial charge in [0.25, 0.3) is 5.85 Å². The van der Waals surface area contributed by atoms with Gasteiger partial charge in [-0.15, -0.1) is 23.7 Å². The predicted molar refractivity (Wildman–Crippen MR) is 95.9 cm³/mol. The fraction of sp³-hybridized carbons (Fsp3) is 0.125. The summed E-state index contributed by atoms with van der Waals surface area (Å²) in [4.78, 5) is 15.4. The summed E-state index contributed by atoms with van der Waals surface area (Å²) in [6.07, 6.45) is 6.76. The van der Waals surface area contributed by atoms with Gasteiger partial charge in [-0.05, 0) is 31.2 Å². The molecule has 0 radical (unpaired) electrons. The van der Waals surface area contributed by atoms with Gasteiger partial charge in [0.1, 0.15) is 0 Å². The van der Waals surface area contributed by atoms with Crippen molar-refractivity contribution in [3.05, 3.63) is 65.1 Å². The predicted octanol–water partition coefficient (Wildman–Crippen LogP) is 3.53. The summed E-state index contributed by atoms with van der Waals surface area (Å²) in [5.41, 5.74) is 0.772. The van der Waals surface area contributed by atoms with Gasteiger partial charge in [0.05, 0.1) is 11.3 Å². The molecule has 132 valence electrons. The van der Waals surface area contributed by atoms with E-state index < -0.39 is 17.6 Å². The van der Waals surface area contributed by atoms with Crippen molar-refractivity contribution in [1.82, 2.24) is 10.3 Å². The van der Waals surface area contributed by atoms with E-state index in [4.69, 9.17) is 9.84 Å². The van der Waals surface area contributed by atoms with Gasteiger partial charge in [0.2, 0.25) is 0 Å². The zero-order valence-corrected chi connectivity index (χ0v) is 14.7. The number of nitrogens with zero attached hydrogens (tertiary/aromatic N) is 1. The number of carboxylic acids is 1. The lowest BCUT2D eigenvalue weighted by atomic mass is 10.2. The van der Waals surface area contributed by atoms with Crippen LogP contribution < -0.4 is 15.4 Å². The van der Waals surface area contributed by atoms with Crippen LogP contribution in [0.15, 0.2) is 48.0 Å². The first kappa shape index (κ1) is 18.8. The standard InChI is InChI=1S/C16H14FN3O3S.ClH/c1-10-9-24-15(19-10)20-16(6-2-3-7-18-16)23-13-8-11(14(21)22)4-5-12(13)17;/h2-9,18H,1H3,(H,19,20)(H,21,22);1H. The number of ether oxygens (including phenoxy) is 1. The Hall–Kier alpha value is -2.58. The lowest BCUT2D eigenvalue weighted by Crippen LogP contribution is -2.54. The SMILES string of the molecule is Cc1csc(NC2(Oc3cc(C(=O)O)ccc3F)C=CC=CN2)n1.Cl. The molecule has 1 aliphatic rings. The number of dihydropyridines is 1. The van der Waals surface area contributed by atoms with Crippen LogP contribution >= 0.6 is 23.7 Å². The molecule has 0 bridgehead atoms. The number of nitrogens with one attached hydrogen (secondary N) is 2. The zero-order valence-electron chi connectivity index (χ0n) is 13.0. The number of aryl methyl sites for hydroxylation is 1. The molecule has 2 heterocycles. The van der Waals surface area contributed by atoms with Gasteiger partial charge in [0, 0.05) is 17.7 Å². The molecule has 9 heteroatoms. The van der Waals surface area contributed by atoms with Crippen LogP contribution in [0.1, 0.15) is 16.1 Å². The smallest absolute Gasteiger partial charge is 0.335 e. The number of aromatic carboxylic acids is 1. The number of aromatic nitrogens is 1. The second kappa shape index (κ2) is 7.54. The number of halogens is 2. The highest BCUT2D eigenvalue weighted by Gasteiger charge is 2.31. The van der Waals surface area contributed by atoms with Crippen molar-refractivity contribution in [2.24, 2.45) is 0 Å². The fourth-order valence-electron chi connectivity index (χ4n) is 2.09. The maximum atomic E-state index is 14.1. The molecule has 1 aromatic carbocycles. The molecule has 0 aliphatic carbocycles. The molecule has 1 aromatic heterocycles. The third kappa shape index (κ3) is 4.28. The summed E-state index contributed by atoms with van der Waals surface area (Å²) in [5.74, 6) is -3.30. The van der Waals surface area contributed by atoms with Crippen molar-refractivity contribution in [2.75, 3.05) is 5.32 Å². The van der Waals surface area contributed by atoms with E-state index in [-0.39, 0.29) is 23.7 Å². The first-order chi connectivity index (χ1) is 11.5. The van der Waals surface area contributed by atoms with E-state index in [9.17, 15) is 9.18 Å². The highest BCUT2D eigenvalue weighted by Crippen LogP contribution is 2.27. The number of carbonyl (C=O) groups is 1. The molecule has 1 aliphatic heterocycles. The highest BCUT2D eigenvalue weighted by atomic mass is 35.5. The van der Waals surface area contributed by atoms with E-state index in [0.29, 0.717) is 5.13 Å². The number of rotatable bonds is 5. The first-order valence-electron chi connectivity index (χ1n) is 7.02. The van der Waals surface area contributed by atoms with E-state index in [2.05, 4.69) is 15.6 Å². The average Bonchev–Trinajstić information content (AvgIpc) is 2.95. The molecule has 3 rings (SSSR count). The molecule has 1 atom stereocenters. The number of allylic oxidation sites excluding steroid dienone is 2. The molecular weight excluding hydrogens is 369 g/mol. The topological polar surface area (TPSA) is 83.5 Å². The van der Waals surface area contributed by atoms with Crippen molar-refractivity contribution in [3.8, 4) is 5.75 Å². The Kier molecular flexibility index (Phi) is 5.66. The highest BCUT2D eigenvalue weighted by molar-refractivity contribution is 7.13. The average molecular weight is 384 g/mol. The van der Waals surface area contributed by atoms with Crippen molar-refractivity contribution in [3.63, 3.8) is 0 Å². The Morgan fingerprint density at radius 2 is 2.24 bits per heavy atom. The zero-order chi connectivity index (χ0) is 17.2. The van der Waals surface area contributed by atoms with Gasteiger partial charge in [-0.1, -0.05) is 6.08 Å². The minimum absolute atomic E-state index is 0. The Labute approximate surface area is 153 Å². The summed E-state index contributed by atoms with van der Waals surface area (Å²) in [6.45, 7) is 1.86. The number of anilines is 1. The fourth-order valence-corrected chi connectivity index (χ4v) is 2.83. The third-order valence-corrected chi connectivity index (χ3v) is 4.07. The molecule has 0 spiro atoms. The Bertz CT molecular complexity index is 840. The molecule has 0 amide bonds. The Morgan fingerprint density at radius 1 is 1.44 bits per heavy atom. The first-order valence-corrected chi connectivity index (χ1v) is 7.90. The van der Waals surface area contributed by atoms with Crippen LogP contribution in [0, 0.1) is 12.7 Å². The molecule has 2 aromatic rings. The number of benzene rings is 1. The van der Waals surface area contributed by atoms with Crippen molar-refractivity contribution in [2.45, 2.75) is 12.8 Å². The van der Waals surface area contributed by atoms with Crippen molar-refractivity contribution >= 4 is 34.8 Å². The van der Waals surface area contributed by atoms with Crippen LogP contribution in [0.4, 0.5) is 9.52 Å². The number of hydrogen-bond donors (Lipinski definition) is 3. The maximum absolute atomic E-state index is 14.1. The van der Waals surface area contributed by atoms with Gasteiger partial charge < -0.3 is 20.5 Å². The second-order valence-corrected chi connectivity index (χ2v) is 5.93. The largest absolute Gasteiger partial charge is 0.478 e. The summed E-state index contributed by atoms with van der Waals surface area (Å²) >= 11 is 1.38. The van der Waals surface area contributed by atoms with Crippen LogP contribution in [0.25, 0.3) is 0 Å². The van der Waals surface area contributed by atoms with E-state index in [1.165, 1.54) is 17.4 Å². The molecule has 0 fully saturated rings. The lowest BCUT2D eigenvalue weighted by molar-refractivity contribution is 0.0694. The lowest BCUT2D eigenvalue weighted by Gasteiger charge is -2.33. The molecule has 6 nitrogen and oxygen atoms in total. The van der Waals surface area contributed by atoms with Crippen LogP contribution in [0.5, 0.6) is 5.75 Å². The van der Waals surface area contributed by atoms with E-state index in [1.807, 2.05) is 12.3 Å². The summed E-state index contributed by atoms with van der Waals surface area (Å²) in [6, 6.07) is 3.38. The van der Waals surface area contributed by atoms with Crippen molar-refractivity contribution in [1.29, 1.82) is 0 Å². The van der Waals surface area contributed by atoms with Gasteiger partial charge in [-0.2, -0.15) is 0 Å². The Morgan fingerprint density at radius 3 is 2.84 bits per heavy atom. The van der Waals surface area contributed by atoms with E-state index in [0.717, 1.165) is 17.8 Å². The molecule has 0 saturated heterocycles. The van der Waals surface area contributed by atoms with Gasteiger partial charge in [-0.25, -0.2) is 14.2 Å². The minimum Gasteiger partial charge on any atom is -0.478 e. The van der Waals surface area contributed by atoms with Crippen LogP contribution in [0.2, 0.25) is 0 Å². The second-order valence-electron chi connectivity index (χ2n) is 5.07. The van der Waals surface area contributed by atoms with Gasteiger partial charge in [0.15, 0.2) is 16.7 Å². The van der Waals surface area contributed by atoms with E-state index >= 15 is 0 Å². The summed E-state index contributed by atoms with van der Waals surface area (Å²) in [7, 11) is 0. The van der Waals surface area contributed by atoms with Crippen LogP contribution in [-0.2, 0) is 0 Å². The molecule has 1 unspecified atom stereocenters. The number of thiazole rings is 1. The molecule has 3 N–H and O–H groups in total. The summed E-state index contributed by atoms with van der Waals surface area (Å²) in [5, 5.41) is 17.5. The quantitative estimate of drug-likeness (QED) is 0.685. The minimum atomic E-state index is -1.28. The van der Waals surface area contributed by atoms with Crippen LogP contribution in [0.3, 0.4) is 0 Å².